The molecule has 86 valence electrons. The highest BCUT2D eigenvalue weighted by atomic mass is 32.1. The van der Waals surface area contributed by atoms with Gasteiger partial charge in [-0.05, 0) is 25.5 Å². The molecule has 0 aromatic carbocycles. The molecule has 0 aliphatic carbocycles. The summed E-state index contributed by atoms with van der Waals surface area (Å²) in [5.41, 5.74) is 6.82. The lowest BCUT2D eigenvalue weighted by Crippen LogP contribution is -2.14. The van der Waals surface area contributed by atoms with Crippen molar-refractivity contribution in [2.45, 2.75) is 33.1 Å². The predicted molar refractivity (Wildman–Crippen MR) is 63.1 cm³/mol. The van der Waals surface area contributed by atoms with Gasteiger partial charge >= 0.3 is 0 Å². The van der Waals surface area contributed by atoms with Crippen molar-refractivity contribution in [3.05, 3.63) is 21.4 Å². The van der Waals surface area contributed by atoms with Crippen molar-refractivity contribution < 1.29 is 9.47 Å². The maximum Gasteiger partial charge on any atom is 0.0784 e. The van der Waals surface area contributed by atoms with E-state index in [1.165, 1.54) is 15.3 Å². The van der Waals surface area contributed by atoms with Crippen molar-refractivity contribution in [3.8, 4) is 0 Å². The highest BCUT2D eigenvalue weighted by Gasteiger charge is 2.07. The summed E-state index contributed by atoms with van der Waals surface area (Å²) in [4.78, 5) is 2.51. The van der Waals surface area contributed by atoms with Crippen molar-refractivity contribution in [3.63, 3.8) is 0 Å². The third-order valence-electron chi connectivity index (χ3n) is 2.20. The molecule has 1 heterocycles. The summed E-state index contributed by atoms with van der Waals surface area (Å²) in [6.07, 6.45) is 0.135. The topological polar surface area (TPSA) is 44.5 Å². The Hall–Kier alpha value is -0.420. The number of thiophene rings is 1. The first kappa shape index (κ1) is 12.6. The Balaban J connectivity index is 2.46. The van der Waals surface area contributed by atoms with Gasteiger partial charge in [0.1, 0.15) is 0 Å². The van der Waals surface area contributed by atoms with Crippen LogP contribution in [0.4, 0.5) is 0 Å². The minimum atomic E-state index is 0.135. The lowest BCUT2D eigenvalue weighted by Gasteiger charge is -2.11. The summed E-state index contributed by atoms with van der Waals surface area (Å²) < 4.78 is 10.7. The molecule has 0 fully saturated rings. The number of aryl methyl sites for hydroxylation is 1. The largest absolute Gasteiger partial charge is 0.382 e. The van der Waals surface area contributed by atoms with Gasteiger partial charge in [0.05, 0.1) is 19.3 Å². The summed E-state index contributed by atoms with van der Waals surface area (Å²) >= 11 is 1.74. The zero-order valence-corrected chi connectivity index (χ0v) is 10.4. The fraction of sp³-hybridized carbons (Fsp3) is 0.636. The van der Waals surface area contributed by atoms with Gasteiger partial charge in [-0.3, -0.25) is 0 Å². The van der Waals surface area contributed by atoms with Crippen LogP contribution in [0.25, 0.3) is 0 Å². The highest BCUT2D eigenvalue weighted by Crippen LogP contribution is 2.22. The summed E-state index contributed by atoms with van der Waals surface area (Å²) in [7, 11) is 1.68. The zero-order valence-electron chi connectivity index (χ0n) is 9.58. The van der Waals surface area contributed by atoms with Gasteiger partial charge in [-0.25, -0.2) is 0 Å². The molecule has 1 atom stereocenters. The minimum absolute atomic E-state index is 0.135. The molecule has 0 spiro atoms. The molecule has 1 aromatic rings. The Morgan fingerprint density at radius 2 is 2.27 bits per heavy atom. The van der Waals surface area contributed by atoms with E-state index in [4.69, 9.17) is 15.2 Å². The predicted octanol–water partition coefficient (Wildman–Crippen LogP) is 2.07. The van der Waals surface area contributed by atoms with E-state index in [0.29, 0.717) is 19.8 Å². The summed E-state index contributed by atoms with van der Waals surface area (Å²) in [5, 5.41) is 0. The first-order valence-electron chi connectivity index (χ1n) is 5.06. The van der Waals surface area contributed by atoms with Crippen LogP contribution in [-0.2, 0) is 22.6 Å². The van der Waals surface area contributed by atoms with Crippen LogP contribution < -0.4 is 5.73 Å². The number of methoxy groups -OCH3 is 1. The highest BCUT2D eigenvalue weighted by molar-refractivity contribution is 7.12. The van der Waals surface area contributed by atoms with Crippen LogP contribution >= 0.6 is 11.3 Å². The van der Waals surface area contributed by atoms with Gasteiger partial charge in [-0.15, -0.1) is 11.3 Å². The van der Waals surface area contributed by atoms with Gasteiger partial charge in [-0.1, -0.05) is 0 Å². The number of hydrogen-bond donors (Lipinski definition) is 1. The third-order valence-corrected chi connectivity index (χ3v) is 3.31. The van der Waals surface area contributed by atoms with Crippen LogP contribution in [0.5, 0.6) is 0 Å². The molecule has 0 radical (unpaired) electrons. The number of rotatable bonds is 6. The quantitative estimate of drug-likeness (QED) is 0.812. The van der Waals surface area contributed by atoms with Gasteiger partial charge in [0.25, 0.3) is 0 Å². The van der Waals surface area contributed by atoms with E-state index in [0.717, 1.165) is 0 Å². The Bertz CT molecular complexity index is 299. The molecule has 0 amide bonds. The molecule has 15 heavy (non-hydrogen) atoms. The number of ether oxygens (including phenoxy) is 2. The van der Waals surface area contributed by atoms with Crippen LogP contribution in [0.3, 0.4) is 0 Å². The number of hydrogen-bond acceptors (Lipinski definition) is 4. The smallest absolute Gasteiger partial charge is 0.0784 e. The molecule has 0 bridgehead atoms. The first-order valence-corrected chi connectivity index (χ1v) is 5.87. The molecule has 0 saturated carbocycles. The van der Waals surface area contributed by atoms with E-state index in [1.807, 2.05) is 6.92 Å². The van der Waals surface area contributed by atoms with Gasteiger partial charge in [0.15, 0.2) is 0 Å². The van der Waals surface area contributed by atoms with E-state index in [-0.39, 0.29) is 6.10 Å². The standard InChI is InChI=1S/C11H19NO2S/c1-8(6-13-3)14-7-10-4-11(5-12)15-9(10)2/h4,8H,5-7,12H2,1-3H3. The molecule has 1 rings (SSSR count). The molecule has 0 aliphatic heterocycles. The maximum absolute atomic E-state index is 5.65. The van der Waals surface area contributed by atoms with Crippen LogP contribution in [0.1, 0.15) is 22.2 Å². The van der Waals surface area contributed by atoms with Crippen molar-refractivity contribution in [2.75, 3.05) is 13.7 Å². The normalized spacial score (nSPS) is 13.1. The summed E-state index contributed by atoms with van der Waals surface area (Å²) in [6, 6.07) is 2.12. The average Bonchev–Trinajstić information content (AvgIpc) is 2.57. The van der Waals surface area contributed by atoms with Crippen molar-refractivity contribution >= 4 is 11.3 Å². The Morgan fingerprint density at radius 1 is 1.53 bits per heavy atom. The molecule has 1 aromatic heterocycles. The summed E-state index contributed by atoms with van der Waals surface area (Å²) in [5.74, 6) is 0. The van der Waals surface area contributed by atoms with Gasteiger partial charge < -0.3 is 15.2 Å². The molecule has 3 nitrogen and oxygen atoms in total. The van der Waals surface area contributed by atoms with E-state index in [2.05, 4.69) is 13.0 Å². The lowest BCUT2D eigenvalue weighted by molar-refractivity contribution is -0.000170. The van der Waals surface area contributed by atoms with Crippen molar-refractivity contribution in [1.29, 1.82) is 0 Å². The minimum Gasteiger partial charge on any atom is -0.382 e. The van der Waals surface area contributed by atoms with Gasteiger partial charge in [0.2, 0.25) is 0 Å². The second kappa shape index (κ2) is 6.23. The summed E-state index contributed by atoms with van der Waals surface area (Å²) in [6.45, 7) is 6.00. The third kappa shape index (κ3) is 3.91. The van der Waals surface area contributed by atoms with Gasteiger partial charge in [0, 0.05) is 23.4 Å². The number of nitrogens with two attached hydrogens (primary N) is 1. The lowest BCUT2D eigenvalue weighted by atomic mass is 10.2. The fourth-order valence-electron chi connectivity index (χ4n) is 1.35. The average molecular weight is 229 g/mol. The van der Waals surface area contributed by atoms with E-state index < -0.39 is 0 Å². The molecule has 4 heteroatoms. The SMILES string of the molecule is COCC(C)OCc1cc(CN)sc1C. The maximum atomic E-state index is 5.65. The Labute approximate surface area is 95.2 Å². The molecule has 0 saturated heterocycles. The first-order chi connectivity index (χ1) is 7.17. The van der Waals surface area contributed by atoms with Gasteiger partial charge in [-0.2, -0.15) is 0 Å². The van der Waals surface area contributed by atoms with E-state index in [9.17, 15) is 0 Å². The zero-order chi connectivity index (χ0) is 11.3. The second-order valence-electron chi connectivity index (χ2n) is 3.58. The molecular formula is C11H19NO2S. The van der Waals surface area contributed by atoms with Crippen LogP contribution in [0.2, 0.25) is 0 Å². The molecular weight excluding hydrogens is 210 g/mol. The second-order valence-corrected chi connectivity index (χ2v) is 4.92. The van der Waals surface area contributed by atoms with E-state index in [1.54, 1.807) is 18.4 Å². The van der Waals surface area contributed by atoms with Crippen LogP contribution in [0, 0.1) is 6.92 Å². The molecule has 1 unspecified atom stereocenters. The molecule has 0 aliphatic rings. The van der Waals surface area contributed by atoms with E-state index >= 15 is 0 Å². The van der Waals surface area contributed by atoms with Crippen molar-refractivity contribution in [2.24, 2.45) is 5.73 Å². The Kier molecular flexibility index (Phi) is 5.25. The van der Waals surface area contributed by atoms with Crippen molar-refractivity contribution in [1.82, 2.24) is 0 Å². The van der Waals surface area contributed by atoms with Crippen LogP contribution in [-0.4, -0.2) is 19.8 Å². The van der Waals surface area contributed by atoms with Crippen LogP contribution in [0.15, 0.2) is 6.07 Å². The molecule has 2 N–H and O–H groups in total. The Morgan fingerprint density at radius 3 is 2.80 bits per heavy atom. The monoisotopic (exact) mass is 229 g/mol. The fourth-order valence-corrected chi connectivity index (χ4v) is 2.27.